The molecule has 0 aliphatic carbocycles. The van der Waals surface area contributed by atoms with Gasteiger partial charge in [-0.2, -0.15) is 5.10 Å². The Balaban J connectivity index is 1.76. The molecule has 2 aromatic rings. The topological polar surface area (TPSA) is 63.8 Å². The lowest BCUT2D eigenvalue weighted by atomic mass is 10.1. The van der Waals surface area contributed by atoms with Crippen molar-refractivity contribution in [2.24, 2.45) is 5.10 Å². The molecule has 0 atom stereocenters. The smallest absolute Gasteiger partial charge is 0.277 e. The molecule has 1 heterocycles. The maximum absolute atomic E-state index is 11.6. The SMILES string of the molecule is Cc1cccc(C)c1OCC(=O)N/N=C/C=C/c1ccco1. The fourth-order valence-electron chi connectivity index (χ4n) is 1.87. The summed E-state index contributed by atoms with van der Waals surface area (Å²) in [5, 5.41) is 3.79. The number of amides is 1. The van der Waals surface area contributed by atoms with Crippen LogP contribution in [-0.4, -0.2) is 18.7 Å². The van der Waals surface area contributed by atoms with Gasteiger partial charge in [0.1, 0.15) is 11.5 Å². The van der Waals surface area contributed by atoms with Crippen LogP contribution in [0.2, 0.25) is 0 Å². The Hall–Kier alpha value is -2.82. The number of rotatable bonds is 6. The first kappa shape index (κ1) is 15.6. The van der Waals surface area contributed by atoms with Crippen LogP contribution in [0, 0.1) is 13.8 Å². The normalized spacial score (nSPS) is 11.2. The predicted molar refractivity (Wildman–Crippen MR) is 85.8 cm³/mol. The van der Waals surface area contributed by atoms with E-state index in [1.54, 1.807) is 24.5 Å². The Labute approximate surface area is 129 Å². The van der Waals surface area contributed by atoms with Crippen LogP contribution in [0.15, 0.2) is 52.2 Å². The predicted octanol–water partition coefficient (Wildman–Crippen LogP) is 3.09. The molecule has 0 unspecified atom stereocenters. The highest BCUT2D eigenvalue weighted by atomic mass is 16.5. The fourth-order valence-corrected chi connectivity index (χ4v) is 1.87. The zero-order chi connectivity index (χ0) is 15.8. The third-order valence-corrected chi connectivity index (χ3v) is 2.91. The number of para-hydroxylation sites is 1. The number of nitrogens with one attached hydrogen (secondary N) is 1. The maximum Gasteiger partial charge on any atom is 0.277 e. The number of hydrogen-bond donors (Lipinski definition) is 1. The summed E-state index contributed by atoms with van der Waals surface area (Å²) in [7, 11) is 0. The van der Waals surface area contributed by atoms with Crippen molar-refractivity contribution < 1.29 is 13.9 Å². The molecule has 0 saturated carbocycles. The van der Waals surface area contributed by atoms with Crippen molar-refractivity contribution in [3.05, 3.63) is 59.6 Å². The largest absolute Gasteiger partial charge is 0.483 e. The molecule has 1 aromatic carbocycles. The maximum atomic E-state index is 11.6. The number of ether oxygens (including phenoxy) is 1. The summed E-state index contributed by atoms with van der Waals surface area (Å²) in [4.78, 5) is 11.6. The number of carbonyl (C=O) groups is 1. The molecule has 1 N–H and O–H groups in total. The second-order valence-corrected chi connectivity index (χ2v) is 4.70. The zero-order valence-corrected chi connectivity index (χ0v) is 12.6. The molecular weight excluding hydrogens is 280 g/mol. The van der Waals surface area contributed by atoms with E-state index in [-0.39, 0.29) is 12.5 Å². The van der Waals surface area contributed by atoms with Gasteiger partial charge in [0.05, 0.1) is 6.26 Å². The Morgan fingerprint density at radius 1 is 1.27 bits per heavy atom. The van der Waals surface area contributed by atoms with Crippen molar-refractivity contribution in [3.63, 3.8) is 0 Å². The van der Waals surface area contributed by atoms with E-state index in [1.165, 1.54) is 6.21 Å². The van der Waals surface area contributed by atoms with E-state index in [4.69, 9.17) is 9.15 Å². The number of benzene rings is 1. The molecule has 0 radical (unpaired) electrons. The summed E-state index contributed by atoms with van der Waals surface area (Å²) >= 11 is 0. The third kappa shape index (κ3) is 4.63. The first-order valence-electron chi connectivity index (χ1n) is 6.88. The monoisotopic (exact) mass is 298 g/mol. The number of nitrogens with zero attached hydrogens (tertiary/aromatic N) is 1. The van der Waals surface area contributed by atoms with Gasteiger partial charge in [-0.1, -0.05) is 18.2 Å². The van der Waals surface area contributed by atoms with Crippen LogP contribution >= 0.6 is 0 Å². The molecule has 0 aliphatic rings. The summed E-state index contributed by atoms with van der Waals surface area (Å²) in [5.41, 5.74) is 4.39. The molecular formula is C17H18N2O3. The van der Waals surface area contributed by atoms with Gasteiger partial charge >= 0.3 is 0 Å². The molecule has 1 aromatic heterocycles. The molecule has 0 saturated heterocycles. The minimum Gasteiger partial charge on any atom is -0.483 e. The Morgan fingerprint density at radius 3 is 2.73 bits per heavy atom. The molecule has 0 fully saturated rings. The Kier molecular flexibility index (Phi) is 5.54. The van der Waals surface area contributed by atoms with Gasteiger partial charge in [0.15, 0.2) is 6.61 Å². The van der Waals surface area contributed by atoms with Crippen molar-refractivity contribution in [3.8, 4) is 5.75 Å². The molecule has 1 amide bonds. The van der Waals surface area contributed by atoms with E-state index in [0.29, 0.717) is 0 Å². The van der Waals surface area contributed by atoms with Crippen molar-refractivity contribution >= 4 is 18.2 Å². The fraction of sp³-hybridized carbons (Fsp3) is 0.176. The van der Waals surface area contributed by atoms with Crippen LogP contribution in [-0.2, 0) is 4.79 Å². The molecule has 22 heavy (non-hydrogen) atoms. The average Bonchev–Trinajstić information content (AvgIpc) is 2.99. The number of allylic oxidation sites excluding steroid dienone is 1. The zero-order valence-electron chi connectivity index (χ0n) is 12.6. The van der Waals surface area contributed by atoms with E-state index in [0.717, 1.165) is 22.6 Å². The van der Waals surface area contributed by atoms with E-state index in [2.05, 4.69) is 10.5 Å². The lowest BCUT2D eigenvalue weighted by Gasteiger charge is -2.10. The molecule has 0 spiro atoms. The number of hydrogen-bond acceptors (Lipinski definition) is 4. The molecule has 5 nitrogen and oxygen atoms in total. The van der Waals surface area contributed by atoms with E-state index < -0.39 is 0 Å². The van der Waals surface area contributed by atoms with Crippen LogP contribution in [0.1, 0.15) is 16.9 Å². The van der Waals surface area contributed by atoms with Crippen LogP contribution in [0.3, 0.4) is 0 Å². The summed E-state index contributed by atoms with van der Waals surface area (Å²) in [6.07, 6.45) is 6.47. The second-order valence-electron chi connectivity index (χ2n) is 4.70. The van der Waals surface area contributed by atoms with Gasteiger partial charge in [-0.25, -0.2) is 5.43 Å². The summed E-state index contributed by atoms with van der Waals surface area (Å²) < 4.78 is 10.6. The van der Waals surface area contributed by atoms with E-state index in [9.17, 15) is 4.79 Å². The van der Waals surface area contributed by atoms with Crippen molar-refractivity contribution in [2.45, 2.75) is 13.8 Å². The lowest BCUT2D eigenvalue weighted by Crippen LogP contribution is -2.24. The standard InChI is InChI=1S/C17H18N2O3/c1-13-6-3-7-14(2)17(13)22-12-16(20)19-18-10-4-8-15-9-5-11-21-15/h3-11H,12H2,1-2H3,(H,19,20)/b8-4+,18-10+. The van der Waals surface area contributed by atoms with Gasteiger partial charge < -0.3 is 9.15 Å². The summed E-state index contributed by atoms with van der Waals surface area (Å²) in [6.45, 7) is 3.81. The molecule has 114 valence electrons. The number of hydrazone groups is 1. The minimum absolute atomic E-state index is 0.0784. The van der Waals surface area contributed by atoms with Gasteiger partial charge in [-0.3, -0.25) is 4.79 Å². The lowest BCUT2D eigenvalue weighted by molar-refractivity contribution is -0.123. The van der Waals surface area contributed by atoms with Crippen molar-refractivity contribution in [1.82, 2.24) is 5.43 Å². The number of carbonyl (C=O) groups excluding carboxylic acids is 1. The van der Waals surface area contributed by atoms with Crippen LogP contribution in [0.5, 0.6) is 5.75 Å². The highest BCUT2D eigenvalue weighted by Gasteiger charge is 2.06. The van der Waals surface area contributed by atoms with Crippen LogP contribution in [0.4, 0.5) is 0 Å². The van der Waals surface area contributed by atoms with Crippen LogP contribution in [0.25, 0.3) is 6.08 Å². The van der Waals surface area contributed by atoms with Gasteiger partial charge in [-0.15, -0.1) is 0 Å². The average molecular weight is 298 g/mol. The summed E-state index contributed by atoms with van der Waals surface area (Å²) in [5.74, 6) is 1.14. The summed E-state index contributed by atoms with van der Waals surface area (Å²) in [6, 6.07) is 9.45. The third-order valence-electron chi connectivity index (χ3n) is 2.91. The van der Waals surface area contributed by atoms with Gasteiger partial charge in [0.25, 0.3) is 5.91 Å². The van der Waals surface area contributed by atoms with Gasteiger partial charge in [0.2, 0.25) is 0 Å². The van der Waals surface area contributed by atoms with Crippen LogP contribution < -0.4 is 10.2 Å². The minimum atomic E-state index is -0.315. The molecule has 2 rings (SSSR count). The highest BCUT2D eigenvalue weighted by molar-refractivity contribution is 5.81. The molecule has 5 heteroatoms. The Bertz CT molecular complexity index is 653. The number of aryl methyl sites for hydroxylation is 2. The molecule has 0 aliphatic heterocycles. The van der Waals surface area contributed by atoms with E-state index in [1.807, 2.05) is 38.1 Å². The first-order valence-corrected chi connectivity index (χ1v) is 6.88. The van der Waals surface area contributed by atoms with Gasteiger partial charge in [-0.05, 0) is 49.3 Å². The number of furan rings is 1. The molecule has 0 bridgehead atoms. The van der Waals surface area contributed by atoms with Crippen molar-refractivity contribution in [2.75, 3.05) is 6.61 Å². The quantitative estimate of drug-likeness (QED) is 0.658. The van der Waals surface area contributed by atoms with Crippen molar-refractivity contribution in [1.29, 1.82) is 0 Å². The highest BCUT2D eigenvalue weighted by Crippen LogP contribution is 2.21. The Morgan fingerprint density at radius 2 is 2.05 bits per heavy atom. The van der Waals surface area contributed by atoms with E-state index >= 15 is 0 Å². The van der Waals surface area contributed by atoms with Gasteiger partial charge in [0, 0.05) is 6.21 Å². The first-order chi connectivity index (χ1) is 10.7. The second kappa shape index (κ2) is 7.83.